The molecule has 8 heteroatoms. The first kappa shape index (κ1) is 19.3. The molecule has 1 aliphatic heterocycles. The zero-order valence-electron chi connectivity index (χ0n) is 14.7. The Morgan fingerprint density at radius 2 is 2.20 bits per heavy atom. The van der Waals surface area contributed by atoms with Crippen molar-refractivity contribution in [2.75, 3.05) is 26.8 Å². The Balaban J connectivity index is 2.23. The quantitative estimate of drug-likeness (QED) is 0.752. The lowest BCUT2D eigenvalue weighted by molar-refractivity contribution is -0.131. The van der Waals surface area contributed by atoms with Crippen LogP contribution in [0, 0.1) is 5.92 Å². The topological polar surface area (TPSA) is 93.9 Å². The zero-order valence-corrected chi connectivity index (χ0v) is 15.4. The maximum atomic E-state index is 12.2. The van der Waals surface area contributed by atoms with E-state index in [1.165, 1.54) is 7.11 Å². The number of ether oxygens (including phenoxy) is 2. The van der Waals surface area contributed by atoms with Crippen LogP contribution in [0.3, 0.4) is 0 Å². The summed E-state index contributed by atoms with van der Waals surface area (Å²) in [4.78, 5) is 25.2. The third-order valence-electron chi connectivity index (χ3n) is 4.03. The first-order chi connectivity index (χ1) is 11.8. The third-order valence-corrected chi connectivity index (χ3v) is 4.31. The van der Waals surface area contributed by atoms with Crippen LogP contribution in [-0.2, 0) is 16.1 Å². The molecule has 7 nitrogen and oxygen atoms in total. The van der Waals surface area contributed by atoms with Gasteiger partial charge in [0.25, 0.3) is 5.91 Å². The van der Waals surface area contributed by atoms with E-state index in [1.807, 2.05) is 13.8 Å². The summed E-state index contributed by atoms with van der Waals surface area (Å²) in [6.45, 7) is 5.70. The lowest BCUT2D eigenvalue weighted by Gasteiger charge is -2.37. The van der Waals surface area contributed by atoms with Crippen LogP contribution in [0.2, 0.25) is 5.02 Å². The lowest BCUT2D eigenvalue weighted by Crippen LogP contribution is -2.56. The number of benzene rings is 1. The van der Waals surface area contributed by atoms with Gasteiger partial charge in [0.15, 0.2) is 18.1 Å². The molecular weight excluding hydrogens is 346 g/mol. The highest BCUT2D eigenvalue weighted by Crippen LogP contribution is 2.37. The molecule has 3 N–H and O–H groups in total. The predicted octanol–water partition coefficient (Wildman–Crippen LogP) is 1.17. The molecule has 2 amide bonds. The van der Waals surface area contributed by atoms with Crippen molar-refractivity contribution in [3.8, 4) is 11.5 Å². The van der Waals surface area contributed by atoms with E-state index in [2.05, 4.69) is 10.2 Å². The van der Waals surface area contributed by atoms with Crippen LogP contribution in [0.4, 0.5) is 0 Å². The average Bonchev–Trinajstić information content (AvgIpc) is 2.52. The number of nitrogens with one attached hydrogen (secondary N) is 1. The summed E-state index contributed by atoms with van der Waals surface area (Å²) in [7, 11) is 1.50. The molecule has 0 spiro atoms. The number of nitrogens with zero attached hydrogens (tertiary/aromatic N) is 1. The van der Waals surface area contributed by atoms with Gasteiger partial charge in [-0.15, -0.1) is 0 Å². The largest absolute Gasteiger partial charge is 0.493 e. The number of nitrogens with two attached hydrogens (primary N) is 1. The molecule has 1 heterocycles. The molecule has 0 radical (unpaired) electrons. The minimum atomic E-state index is -0.596. The average molecular weight is 370 g/mol. The molecule has 138 valence electrons. The number of carbonyl (C=O) groups excluding carboxylic acids is 2. The monoisotopic (exact) mass is 369 g/mol. The van der Waals surface area contributed by atoms with Gasteiger partial charge in [-0.25, -0.2) is 0 Å². The SMILES string of the molecule is COc1cc(CN2CCNC(=O)[C@H]2C(C)C)cc(Cl)c1OCC(N)=O. The maximum Gasteiger partial charge on any atom is 0.255 e. The highest BCUT2D eigenvalue weighted by Gasteiger charge is 2.32. The van der Waals surface area contributed by atoms with Gasteiger partial charge < -0.3 is 20.5 Å². The van der Waals surface area contributed by atoms with Crippen molar-refractivity contribution in [3.63, 3.8) is 0 Å². The van der Waals surface area contributed by atoms with E-state index in [4.69, 9.17) is 26.8 Å². The van der Waals surface area contributed by atoms with Crippen molar-refractivity contribution in [1.82, 2.24) is 10.2 Å². The van der Waals surface area contributed by atoms with E-state index in [0.717, 1.165) is 12.1 Å². The van der Waals surface area contributed by atoms with Gasteiger partial charge in [-0.1, -0.05) is 25.4 Å². The van der Waals surface area contributed by atoms with Gasteiger partial charge in [-0.2, -0.15) is 0 Å². The first-order valence-corrected chi connectivity index (χ1v) is 8.50. The van der Waals surface area contributed by atoms with Gasteiger partial charge >= 0.3 is 0 Å². The molecule has 0 saturated carbocycles. The highest BCUT2D eigenvalue weighted by molar-refractivity contribution is 6.32. The van der Waals surface area contributed by atoms with Crippen LogP contribution in [0.5, 0.6) is 11.5 Å². The minimum absolute atomic E-state index is 0.0423. The van der Waals surface area contributed by atoms with Crippen molar-refractivity contribution in [3.05, 3.63) is 22.7 Å². The molecule has 0 unspecified atom stereocenters. The van der Waals surface area contributed by atoms with Gasteiger partial charge in [0.1, 0.15) is 0 Å². The second kappa shape index (κ2) is 8.40. The van der Waals surface area contributed by atoms with Gasteiger partial charge in [0.2, 0.25) is 5.91 Å². The Kier molecular flexibility index (Phi) is 6.50. The Morgan fingerprint density at radius 3 is 2.80 bits per heavy atom. The number of rotatable bonds is 7. The summed E-state index contributed by atoms with van der Waals surface area (Å²) < 4.78 is 10.7. The summed E-state index contributed by atoms with van der Waals surface area (Å²) in [5.41, 5.74) is 6.00. The Labute approximate surface area is 152 Å². The van der Waals surface area contributed by atoms with Crippen molar-refractivity contribution in [2.45, 2.75) is 26.4 Å². The molecular formula is C17H24ClN3O4. The standard InChI is InChI=1S/C17H24ClN3O4/c1-10(2)15-17(23)20-4-5-21(15)8-11-6-12(18)16(13(7-11)24-3)25-9-14(19)22/h6-7,10,15H,4-5,8-9H2,1-3H3,(H2,19,22)(H,20,23)/t15-/m1/s1. The first-order valence-electron chi connectivity index (χ1n) is 8.12. The van der Waals surface area contributed by atoms with Crippen LogP contribution >= 0.6 is 11.6 Å². The molecule has 1 atom stereocenters. The van der Waals surface area contributed by atoms with Crippen LogP contribution in [0.1, 0.15) is 19.4 Å². The second-order valence-corrected chi connectivity index (χ2v) is 6.72. The number of hydrogen-bond acceptors (Lipinski definition) is 5. The van der Waals surface area contributed by atoms with E-state index in [-0.39, 0.29) is 30.2 Å². The second-order valence-electron chi connectivity index (χ2n) is 6.31. The Bertz CT molecular complexity index is 651. The predicted molar refractivity (Wildman–Crippen MR) is 94.7 cm³/mol. The van der Waals surface area contributed by atoms with Crippen LogP contribution in [0.15, 0.2) is 12.1 Å². The third kappa shape index (κ3) is 4.76. The molecule has 2 rings (SSSR count). The summed E-state index contributed by atoms with van der Waals surface area (Å²) >= 11 is 6.29. The molecule has 25 heavy (non-hydrogen) atoms. The summed E-state index contributed by atoms with van der Waals surface area (Å²) in [6, 6.07) is 3.36. The number of methoxy groups -OCH3 is 1. The van der Waals surface area contributed by atoms with Crippen molar-refractivity contribution in [1.29, 1.82) is 0 Å². The normalized spacial score (nSPS) is 18.1. The van der Waals surface area contributed by atoms with Crippen molar-refractivity contribution in [2.24, 2.45) is 11.7 Å². The fraction of sp³-hybridized carbons (Fsp3) is 0.529. The van der Waals surface area contributed by atoms with Crippen LogP contribution in [0.25, 0.3) is 0 Å². The number of hydrogen-bond donors (Lipinski definition) is 2. The molecule has 0 bridgehead atoms. The van der Waals surface area contributed by atoms with E-state index in [1.54, 1.807) is 12.1 Å². The molecule has 1 saturated heterocycles. The molecule has 1 fully saturated rings. The van der Waals surface area contributed by atoms with E-state index in [0.29, 0.717) is 23.9 Å². The molecule has 0 aliphatic carbocycles. The van der Waals surface area contributed by atoms with E-state index >= 15 is 0 Å². The Hall–Kier alpha value is -1.99. The summed E-state index contributed by atoms with van der Waals surface area (Å²) in [5, 5.41) is 3.24. The van der Waals surface area contributed by atoms with E-state index in [9.17, 15) is 9.59 Å². The van der Waals surface area contributed by atoms with Gasteiger partial charge in [0.05, 0.1) is 18.2 Å². The Morgan fingerprint density at radius 1 is 1.48 bits per heavy atom. The number of halogens is 1. The molecule has 1 aliphatic rings. The molecule has 1 aromatic carbocycles. The molecule has 1 aromatic rings. The fourth-order valence-electron chi connectivity index (χ4n) is 3.02. The lowest BCUT2D eigenvalue weighted by atomic mass is 9.99. The maximum absolute atomic E-state index is 12.2. The van der Waals surface area contributed by atoms with E-state index < -0.39 is 5.91 Å². The van der Waals surface area contributed by atoms with Gasteiger partial charge in [-0.05, 0) is 23.6 Å². The fourth-order valence-corrected chi connectivity index (χ4v) is 3.30. The zero-order chi connectivity index (χ0) is 18.6. The smallest absolute Gasteiger partial charge is 0.255 e. The van der Waals surface area contributed by atoms with Crippen molar-refractivity contribution >= 4 is 23.4 Å². The van der Waals surface area contributed by atoms with Crippen LogP contribution < -0.4 is 20.5 Å². The van der Waals surface area contributed by atoms with Gasteiger partial charge in [-0.3, -0.25) is 14.5 Å². The number of piperazine rings is 1. The van der Waals surface area contributed by atoms with Gasteiger partial charge in [0, 0.05) is 19.6 Å². The number of primary amides is 1. The number of amides is 2. The molecule has 0 aromatic heterocycles. The highest BCUT2D eigenvalue weighted by atomic mass is 35.5. The van der Waals surface area contributed by atoms with Crippen molar-refractivity contribution < 1.29 is 19.1 Å². The van der Waals surface area contributed by atoms with Crippen LogP contribution in [-0.4, -0.2) is 49.6 Å². The summed E-state index contributed by atoms with van der Waals surface area (Å²) in [5.74, 6) is 0.340. The number of carbonyl (C=O) groups is 2. The minimum Gasteiger partial charge on any atom is -0.493 e. The summed E-state index contributed by atoms with van der Waals surface area (Å²) in [6.07, 6.45) is 0.